The quantitative estimate of drug-likeness (QED) is 0.620. The maximum absolute atomic E-state index is 12.2. The van der Waals surface area contributed by atoms with E-state index in [9.17, 15) is 9.59 Å². The van der Waals surface area contributed by atoms with Crippen LogP contribution in [0.2, 0.25) is 5.02 Å². The van der Waals surface area contributed by atoms with Crippen molar-refractivity contribution in [2.45, 2.75) is 13.5 Å². The first kappa shape index (κ1) is 19.4. The summed E-state index contributed by atoms with van der Waals surface area (Å²) in [4.78, 5) is 28.4. The lowest BCUT2D eigenvalue weighted by atomic mass is 10.2. The molecule has 0 unspecified atom stereocenters. The van der Waals surface area contributed by atoms with E-state index in [4.69, 9.17) is 20.8 Å². The molecule has 7 nitrogen and oxygen atoms in total. The first-order chi connectivity index (χ1) is 13.5. The number of benzene rings is 2. The molecule has 0 bridgehead atoms. The zero-order valence-corrected chi connectivity index (χ0v) is 16.0. The van der Waals surface area contributed by atoms with Gasteiger partial charge in [-0.3, -0.25) is 0 Å². The lowest BCUT2D eigenvalue weighted by molar-refractivity contribution is 0.0602. The Balaban J connectivity index is 1.67. The van der Waals surface area contributed by atoms with Crippen molar-refractivity contribution in [1.82, 2.24) is 10.3 Å². The standard InChI is InChI=1S/C20H18ClN3O4/c1-12-17(23-18(28-12)13-6-5-7-14(21)10-13)11-22-20(26)24-16-9-4-3-8-15(16)19(25)27-2/h3-10H,11H2,1-2H3,(H2,22,24,26). The number of aromatic nitrogens is 1. The van der Waals surface area contributed by atoms with Gasteiger partial charge in [0.15, 0.2) is 0 Å². The molecule has 0 aliphatic carbocycles. The zero-order valence-electron chi connectivity index (χ0n) is 15.3. The highest BCUT2D eigenvalue weighted by Crippen LogP contribution is 2.24. The number of amides is 2. The highest BCUT2D eigenvalue weighted by Gasteiger charge is 2.15. The molecule has 2 aromatic carbocycles. The predicted molar refractivity (Wildman–Crippen MR) is 105 cm³/mol. The summed E-state index contributed by atoms with van der Waals surface area (Å²) in [6.07, 6.45) is 0. The van der Waals surface area contributed by atoms with E-state index in [0.717, 1.165) is 5.56 Å². The summed E-state index contributed by atoms with van der Waals surface area (Å²) in [6, 6.07) is 13.3. The molecule has 0 saturated carbocycles. The summed E-state index contributed by atoms with van der Waals surface area (Å²) in [5.41, 5.74) is 1.95. The number of oxazole rings is 1. The summed E-state index contributed by atoms with van der Waals surface area (Å²) >= 11 is 6.00. The van der Waals surface area contributed by atoms with E-state index < -0.39 is 12.0 Å². The molecule has 0 aliphatic rings. The number of hydrogen-bond acceptors (Lipinski definition) is 5. The second-order valence-corrected chi connectivity index (χ2v) is 6.31. The van der Waals surface area contributed by atoms with Gasteiger partial charge in [0.1, 0.15) is 11.5 Å². The van der Waals surface area contributed by atoms with E-state index in [2.05, 4.69) is 15.6 Å². The molecule has 0 fully saturated rings. The molecule has 0 spiro atoms. The Bertz CT molecular complexity index is 1020. The van der Waals surface area contributed by atoms with Crippen LogP contribution >= 0.6 is 11.6 Å². The number of aryl methyl sites for hydroxylation is 1. The van der Waals surface area contributed by atoms with Gasteiger partial charge in [0.25, 0.3) is 0 Å². The van der Waals surface area contributed by atoms with Crippen LogP contribution in [0.25, 0.3) is 11.5 Å². The van der Waals surface area contributed by atoms with Gasteiger partial charge in [-0.1, -0.05) is 29.8 Å². The molecule has 3 rings (SSSR count). The van der Waals surface area contributed by atoms with Gasteiger partial charge in [-0.15, -0.1) is 0 Å². The number of urea groups is 1. The molecule has 144 valence electrons. The monoisotopic (exact) mass is 399 g/mol. The third kappa shape index (κ3) is 4.50. The number of esters is 1. The minimum atomic E-state index is -0.533. The SMILES string of the molecule is COC(=O)c1ccccc1NC(=O)NCc1nc(-c2cccc(Cl)c2)oc1C. The van der Waals surface area contributed by atoms with Gasteiger partial charge in [0, 0.05) is 10.6 Å². The smallest absolute Gasteiger partial charge is 0.339 e. The number of carbonyl (C=O) groups is 2. The van der Waals surface area contributed by atoms with E-state index in [1.807, 2.05) is 6.07 Å². The molecule has 1 aromatic heterocycles. The van der Waals surface area contributed by atoms with Gasteiger partial charge >= 0.3 is 12.0 Å². The van der Waals surface area contributed by atoms with Gasteiger partial charge in [-0.25, -0.2) is 14.6 Å². The summed E-state index contributed by atoms with van der Waals surface area (Å²) in [5, 5.41) is 5.91. The normalized spacial score (nSPS) is 10.4. The Morgan fingerprint density at radius 2 is 1.96 bits per heavy atom. The van der Waals surface area contributed by atoms with Crippen molar-refractivity contribution < 1.29 is 18.7 Å². The first-order valence-electron chi connectivity index (χ1n) is 8.42. The average Bonchev–Trinajstić information content (AvgIpc) is 3.07. The van der Waals surface area contributed by atoms with E-state index in [1.165, 1.54) is 7.11 Å². The Morgan fingerprint density at radius 1 is 1.18 bits per heavy atom. The molecule has 8 heteroatoms. The minimum absolute atomic E-state index is 0.155. The number of nitrogens with one attached hydrogen (secondary N) is 2. The van der Waals surface area contributed by atoms with Crippen LogP contribution in [0.1, 0.15) is 21.8 Å². The number of nitrogens with zero attached hydrogens (tertiary/aromatic N) is 1. The predicted octanol–water partition coefficient (Wildman–Crippen LogP) is 4.41. The Kier molecular flexibility index (Phi) is 5.96. The molecular formula is C20H18ClN3O4. The Morgan fingerprint density at radius 3 is 2.71 bits per heavy atom. The third-order valence-corrected chi connectivity index (χ3v) is 4.20. The van der Waals surface area contributed by atoms with Crippen molar-refractivity contribution >= 4 is 29.3 Å². The number of ether oxygens (including phenoxy) is 1. The van der Waals surface area contributed by atoms with Gasteiger partial charge in [0.05, 0.1) is 24.9 Å². The second-order valence-electron chi connectivity index (χ2n) is 5.88. The van der Waals surface area contributed by atoms with E-state index in [-0.39, 0.29) is 12.1 Å². The maximum atomic E-state index is 12.2. The van der Waals surface area contributed by atoms with Crippen molar-refractivity contribution in [2.75, 3.05) is 12.4 Å². The molecule has 3 aromatic rings. The van der Waals surface area contributed by atoms with E-state index in [0.29, 0.717) is 28.1 Å². The fourth-order valence-electron chi connectivity index (χ4n) is 2.55. The number of anilines is 1. The van der Waals surface area contributed by atoms with Crippen LogP contribution in [0.5, 0.6) is 0 Å². The molecule has 0 atom stereocenters. The second kappa shape index (κ2) is 8.58. The summed E-state index contributed by atoms with van der Waals surface area (Å²) < 4.78 is 10.4. The van der Waals surface area contributed by atoms with Crippen molar-refractivity contribution in [3.63, 3.8) is 0 Å². The Labute approximate surface area is 166 Å². The van der Waals surface area contributed by atoms with Crippen LogP contribution in [-0.2, 0) is 11.3 Å². The summed E-state index contributed by atoms with van der Waals surface area (Å²) in [6.45, 7) is 1.92. The van der Waals surface area contributed by atoms with Crippen LogP contribution in [0.3, 0.4) is 0 Å². The van der Waals surface area contributed by atoms with Crippen molar-refractivity contribution in [3.05, 3.63) is 70.6 Å². The minimum Gasteiger partial charge on any atom is -0.465 e. The fourth-order valence-corrected chi connectivity index (χ4v) is 2.74. The summed E-state index contributed by atoms with van der Waals surface area (Å²) in [5.74, 6) is 0.480. The molecule has 0 radical (unpaired) electrons. The van der Waals surface area contributed by atoms with Crippen LogP contribution < -0.4 is 10.6 Å². The van der Waals surface area contributed by atoms with Crippen molar-refractivity contribution in [1.29, 1.82) is 0 Å². The van der Waals surface area contributed by atoms with Crippen LogP contribution in [-0.4, -0.2) is 24.1 Å². The lowest BCUT2D eigenvalue weighted by Crippen LogP contribution is -2.29. The number of para-hydroxylation sites is 1. The fraction of sp³-hybridized carbons (Fsp3) is 0.150. The average molecular weight is 400 g/mol. The highest BCUT2D eigenvalue weighted by molar-refractivity contribution is 6.30. The van der Waals surface area contributed by atoms with Crippen LogP contribution in [0, 0.1) is 6.92 Å². The van der Waals surface area contributed by atoms with Crippen molar-refractivity contribution in [3.8, 4) is 11.5 Å². The number of methoxy groups -OCH3 is 1. The van der Waals surface area contributed by atoms with Crippen LogP contribution in [0.15, 0.2) is 52.9 Å². The molecule has 2 N–H and O–H groups in total. The van der Waals surface area contributed by atoms with E-state index in [1.54, 1.807) is 49.4 Å². The number of hydrogen-bond donors (Lipinski definition) is 2. The van der Waals surface area contributed by atoms with Gasteiger partial charge in [-0.2, -0.15) is 0 Å². The molecule has 2 amide bonds. The summed E-state index contributed by atoms with van der Waals surface area (Å²) in [7, 11) is 1.28. The zero-order chi connectivity index (χ0) is 20.1. The largest absolute Gasteiger partial charge is 0.465 e. The number of rotatable bonds is 5. The highest BCUT2D eigenvalue weighted by atomic mass is 35.5. The van der Waals surface area contributed by atoms with Crippen LogP contribution in [0.4, 0.5) is 10.5 Å². The lowest BCUT2D eigenvalue weighted by Gasteiger charge is -2.10. The Hall–Kier alpha value is -3.32. The number of halogens is 1. The van der Waals surface area contributed by atoms with Crippen molar-refractivity contribution in [2.24, 2.45) is 0 Å². The first-order valence-corrected chi connectivity index (χ1v) is 8.80. The maximum Gasteiger partial charge on any atom is 0.339 e. The molecular weight excluding hydrogens is 382 g/mol. The third-order valence-electron chi connectivity index (χ3n) is 3.96. The topological polar surface area (TPSA) is 93.5 Å². The van der Waals surface area contributed by atoms with Gasteiger partial charge < -0.3 is 19.8 Å². The van der Waals surface area contributed by atoms with Gasteiger partial charge in [0.2, 0.25) is 5.89 Å². The van der Waals surface area contributed by atoms with Gasteiger partial charge in [-0.05, 0) is 37.3 Å². The molecule has 28 heavy (non-hydrogen) atoms. The molecule has 0 aliphatic heterocycles. The number of carbonyl (C=O) groups excluding carboxylic acids is 2. The molecule has 1 heterocycles. The molecule has 0 saturated heterocycles. The van der Waals surface area contributed by atoms with E-state index >= 15 is 0 Å².